The summed E-state index contributed by atoms with van der Waals surface area (Å²) in [6, 6.07) is 32.6. The first-order valence-electron chi connectivity index (χ1n) is 14.8. The minimum atomic E-state index is -0.00854. The fourth-order valence-corrected chi connectivity index (χ4v) is 8.57. The number of aromatic nitrogens is 1. The highest BCUT2D eigenvalue weighted by Crippen LogP contribution is 2.47. The van der Waals surface area contributed by atoms with Crippen LogP contribution in [0.5, 0.6) is 0 Å². The van der Waals surface area contributed by atoms with Crippen LogP contribution in [0.1, 0.15) is 5.56 Å². The molecule has 0 fully saturated rings. The number of para-hydroxylation sites is 2. The molecule has 4 nitrogen and oxygen atoms in total. The molecule has 5 aromatic carbocycles. The lowest BCUT2D eigenvalue weighted by atomic mass is 9.98. The van der Waals surface area contributed by atoms with E-state index in [9.17, 15) is 0 Å². The minimum Gasteiger partial charge on any atom is -0.455 e. The first-order valence-corrected chi connectivity index (χ1v) is 15.7. The third kappa shape index (κ3) is 3.09. The van der Waals surface area contributed by atoms with E-state index in [4.69, 9.17) is 9.41 Å². The summed E-state index contributed by atoms with van der Waals surface area (Å²) in [7, 11) is 2.17. The molecular weight excluding hydrogens is 559 g/mol. The van der Waals surface area contributed by atoms with E-state index in [0.29, 0.717) is 0 Å². The highest BCUT2D eigenvalue weighted by atomic mass is 32.1. The van der Waals surface area contributed by atoms with Crippen molar-refractivity contribution in [3.63, 3.8) is 0 Å². The SMILES string of the molecule is C=C1/N=C2/C=CC=CC2N(C)n2c3ccc(-c4cccc5c4oc4ccccc45)cc3c3c4sc5ccccc5c4cc1c32. The van der Waals surface area contributed by atoms with Crippen molar-refractivity contribution in [2.75, 3.05) is 12.1 Å². The standard InChI is InChI=1S/C39H25N3OS/c1-22-28-21-29-26-11-4-8-17-35(26)44-39(29)36-30-20-23(24-12-9-13-27-25-10-3-7-16-34(25)43-38(24)27)18-19-32(30)42(37(28)36)41(2)33-15-6-5-14-31(33)40-22/h3-21,33H,1H2,2H3/b40-31-. The molecule has 208 valence electrons. The Morgan fingerprint density at radius 1 is 0.795 bits per heavy atom. The quantitative estimate of drug-likeness (QED) is 0.193. The number of allylic oxidation sites excluding steroid dienone is 2. The van der Waals surface area contributed by atoms with Crippen LogP contribution in [0.15, 0.2) is 131 Å². The van der Waals surface area contributed by atoms with Gasteiger partial charge in [-0.05, 0) is 42.0 Å². The van der Waals surface area contributed by atoms with E-state index in [0.717, 1.165) is 61.1 Å². The van der Waals surface area contributed by atoms with Crippen molar-refractivity contribution in [3.8, 4) is 11.1 Å². The first kappa shape index (κ1) is 24.1. The molecule has 8 aromatic rings. The molecule has 0 saturated carbocycles. The number of aliphatic imine (C=N–C) groups is 1. The zero-order valence-electron chi connectivity index (χ0n) is 23.9. The molecule has 1 aliphatic heterocycles. The van der Waals surface area contributed by atoms with Crippen LogP contribution in [0.25, 0.3) is 80.7 Å². The van der Waals surface area contributed by atoms with E-state index < -0.39 is 0 Å². The van der Waals surface area contributed by atoms with Gasteiger partial charge in [0.25, 0.3) is 0 Å². The van der Waals surface area contributed by atoms with Gasteiger partial charge in [0, 0.05) is 59.9 Å². The number of likely N-dealkylation sites (N-methyl/N-ethyl adjacent to an activating group) is 1. The Hall–Kier alpha value is -5.39. The summed E-state index contributed by atoms with van der Waals surface area (Å²) < 4.78 is 11.4. The normalized spacial score (nSPS) is 17.7. The first-order chi connectivity index (χ1) is 21.7. The van der Waals surface area contributed by atoms with Crippen LogP contribution in [0.3, 0.4) is 0 Å². The van der Waals surface area contributed by atoms with Crippen molar-refractivity contribution < 1.29 is 4.42 Å². The summed E-state index contributed by atoms with van der Waals surface area (Å²) in [4.78, 5) is 5.11. The second-order valence-corrected chi connectivity index (χ2v) is 12.7. The number of nitrogens with zero attached hydrogens (tertiary/aromatic N) is 3. The number of hydrogen-bond donors (Lipinski definition) is 0. The topological polar surface area (TPSA) is 33.7 Å². The highest BCUT2D eigenvalue weighted by molar-refractivity contribution is 7.26. The van der Waals surface area contributed by atoms with Crippen LogP contribution in [-0.4, -0.2) is 23.5 Å². The van der Waals surface area contributed by atoms with Gasteiger partial charge in [-0.25, -0.2) is 0 Å². The molecule has 4 heterocycles. The van der Waals surface area contributed by atoms with Crippen molar-refractivity contribution >= 4 is 86.7 Å². The van der Waals surface area contributed by atoms with Gasteiger partial charge in [0.15, 0.2) is 0 Å². The van der Waals surface area contributed by atoms with E-state index in [-0.39, 0.29) is 6.04 Å². The number of fused-ring (bicyclic) bond motifs is 11. The largest absolute Gasteiger partial charge is 0.455 e. The zero-order valence-corrected chi connectivity index (χ0v) is 24.7. The van der Waals surface area contributed by atoms with Gasteiger partial charge in [-0.15, -0.1) is 11.3 Å². The van der Waals surface area contributed by atoms with Crippen molar-refractivity contribution in [3.05, 3.63) is 127 Å². The lowest BCUT2D eigenvalue weighted by molar-refractivity contribution is 0.670. The van der Waals surface area contributed by atoms with Gasteiger partial charge >= 0.3 is 0 Å². The molecular formula is C39H25N3OS. The van der Waals surface area contributed by atoms with E-state index in [1.54, 1.807) is 0 Å². The molecule has 1 atom stereocenters. The summed E-state index contributed by atoms with van der Waals surface area (Å²) in [6.07, 6.45) is 8.48. The van der Waals surface area contributed by atoms with E-state index in [2.05, 4.69) is 126 Å². The van der Waals surface area contributed by atoms with E-state index >= 15 is 0 Å². The van der Waals surface area contributed by atoms with Crippen LogP contribution in [0.4, 0.5) is 0 Å². The van der Waals surface area contributed by atoms with Crippen molar-refractivity contribution in [1.82, 2.24) is 4.68 Å². The monoisotopic (exact) mass is 583 g/mol. The van der Waals surface area contributed by atoms with Crippen LogP contribution in [0.2, 0.25) is 0 Å². The molecule has 0 spiro atoms. The van der Waals surface area contributed by atoms with Gasteiger partial charge in [0.1, 0.15) is 17.2 Å². The Bertz CT molecular complexity index is 2660. The fraction of sp³-hybridized carbons (Fsp3) is 0.0513. The summed E-state index contributed by atoms with van der Waals surface area (Å²) >= 11 is 1.87. The van der Waals surface area contributed by atoms with Crippen LogP contribution in [0, 0.1) is 0 Å². The maximum absolute atomic E-state index is 6.47. The Morgan fingerprint density at radius 3 is 2.57 bits per heavy atom. The molecule has 1 unspecified atom stereocenters. The molecule has 0 bridgehead atoms. The molecule has 44 heavy (non-hydrogen) atoms. The lowest BCUT2D eigenvalue weighted by Gasteiger charge is -2.33. The molecule has 10 rings (SSSR count). The van der Waals surface area contributed by atoms with E-state index in [1.165, 1.54) is 30.9 Å². The molecule has 3 aromatic heterocycles. The van der Waals surface area contributed by atoms with Crippen molar-refractivity contribution in [1.29, 1.82) is 0 Å². The Morgan fingerprint density at radius 2 is 1.64 bits per heavy atom. The van der Waals surface area contributed by atoms with Crippen molar-refractivity contribution in [2.45, 2.75) is 6.04 Å². The zero-order chi connectivity index (χ0) is 29.1. The molecule has 1 aliphatic carbocycles. The summed E-state index contributed by atoms with van der Waals surface area (Å²) in [5.74, 6) is 0. The number of thiophene rings is 1. The predicted molar refractivity (Wildman–Crippen MR) is 188 cm³/mol. The van der Waals surface area contributed by atoms with Gasteiger partial charge < -0.3 is 9.43 Å². The maximum Gasteiger partial charge on any atom is 0.143 e. The Labute approximate surface area is 256 Å². The summed E-state index contributed by atoms with van der Waals surface area (Å²) in [5, 5.41) is 9.57. The lowest BCUT2D eigenvalue weighted by Crippen LogP contribution is -2.45. The summed E-state index contributed by atoms with van der Waals surface area (Å²) in [6.45, 7) is 4.53. The second-order valence-electron chi connectivity index (χ2n) is 11.7. The third-order valence-corrected chi connectivity index (χ3v) is 10.5. The smallest absolute Gasteiger partial charge is 0.143 e. The molecule has 5 heteroatoms. The summed E-state index contributed by atoms with van der Waals surface area (Å²) in [5.41, 5.74) is 9.21. The maximum atomic E-state index is 6.47. The van der Waals surface area contributed by atoms with Gasteiger partial charge in [-0.1, -0.05) is 85.5 Å². The Kier molecular flexibility index (Phi) is 4.70. The average Bonchev–Trinajstić information content (AvgIpc) is 3.73. The fourth-order valence-electron chi connectivity index (χ4n) is 7.33. The van der Waals surface area contributed by atoms with Gasteiger partial charge in [0.05, 0.1) is 22.4 Å². The number of furan rings is 1. The predicted octanol–water partition coefficient (Wildman–Crippen LogP) is 10.2. The van der Waals surface area contributed by atoms with E-state index in [1.807, 2.05) is 23.5 Å². The number of rotatable bonds is 1. The third-order valence-electron chi connectivity index (χ3n) is 9.33. The second kappa shape index (κ2) is 8.59. The molecule has 0 radical (unpaired) electrons. The van der Waals surface area contributed by atoms with Gasteiger partial charge in [0.2, 0.25) is 0 Å². The molecule has 0 N–H and O–H groups in total. The van der Waals surface area contributed by atoms with Gasteiger partial charge in [-0.3, -0.25) is 9.67 Å². The van der Waals surface area contributed by atoms with Crippen LogP contribution in [-0.2, 0) is 0 Å². The molecule has 0 saturated heterocycles. The number of hydrogen-bond acceptors (Lipinski definition) is 4. The van der Waals surface area contributed by atoms with Crippen LogP contribution >= 0.6 is 11.3 Å². The van der Waals surface area contributed by atoms with Crippen molar-refractivity contribution in [2.24, 2.45) is 4.99 Å². The van der Waals surface area contributed by atoms with Gasteiger partial charge in [-0.2, -0.15) is 0 Å². The number of benzene rings is 5. The molecule has 0 amide bonds. The molecule has 2 aliphatic rings. The highest BCUT2D eigenvalue weighted by Gasteiger charge is 2.29. The average molecular weight is 584 g/mol. The minimum absolute atomic E-state index is 0.00854. The Balaban J connectivity index is 1.36. The van der Waals surface area contributed by atoms with Crippen LogP contribution < -0.4 is 5.01 Å².